The number of nitrogens with zero attached hydrogens (tertiary/aromatic N) is 3. The Balaban J connectivity index is 2.21. The van der Waals surface area contributed by atoms with Gasteiger partial charge in [0, 0.05) is 25.0 Å². The fourth-order valence-corrected chi connectivity index (χ4v) is 1.83. The molecule has 0 unspecified atom stereocenters. The number of aromatic nitrogens is 2. The molecular weight excluding hydrogens is 262 g/mol. The van der Waals surface area contributed by atoms with E-state index < -0.39 is 4.92 Å². The Morgan fingerprint density at radius 1 is 1.50 bits per heavy atom. The highest BCUT2D eigenvalue weighted by Crippen LogP contribution is 2.28. The molecule has 106 valence electrons. The first kappa shape index (κ1) is 14.0. The third-order valence-corrected chi connectivity index (χ3v) is 2.90. The molecule has 0 aliphatic carbocycles. The summed E-state index contributed by atoms with van der Waals surface area (Å²) in [5.74, 6) is 0.823. The molecule has 0 saturated carbocycles. The van der Waals surface area contributed by atoms with Crippen molar-refractivity contribution in [1.82, 2.24) is 9.55 Å². The molecule has 0 amide bonds. The van der Waals surface area contributed by atoms with Gasteiger partial charge >= 0.3 is 5.69 Å². The number of hydrogen-bond donors (Lipinski definition) is 1. The van der Waals surface area contributed by atoms with Crippen LogP contribution in [-0.4, -0.2) is 19.6 Å². The van der Waals surface area contributed by atoms with Gasteiger partial charge in [0.25, 0.3) is 0 Å². The summed E-state index contributed by atoms with van der Waals surface area (Å²) in [6.45, 7) is 2.66. The smallest absolute Gasteiger partial charge is 0.310 e. The number of rotatable bonds is 6. The first-order valence-electron chi connectivity index (χ1n) is 6.16. The summed E-state index contributed by atoms with van der Waals surface area (Å²) < 4.78 is 7.38. The molecule has 2 rings (SSSR count). The highest BCUT2D eigenvalue weighted by molar-refractivity contribution is 5.48. The molecule has 0 atom stereocenters. The normalized spacial score (nSPS) is 10.5. The van der Waals surface area contributed by atoms with Crippen LogP contribution in [0.5, 0.6) is 5.75 Å². The zero-order valence-corrected chi connectivity index (χ0v) is 11.0. The molecule has 0 spiro atoms. The van der Waals surface area contributed by atoms with Crippen LogP contribution in [0.1, 0.15) is 18.3 Å². The van der Waals surface area contributed by atoms with E-state index in [-0.39, 0.29) is 24.7 Å². The number of imidazole rings is 1. The molecule has 0 aliphatic heterocycles. The van der Waals surface area contributed by atoms with Crippen LogP contribution in [0.3, 0.4) is 0 Å². The minimum absolute atomic E-state index is 0.128. The third kappa shape index (κ3) is 2.94. The Hall–Kier alpha value is -2.41. The van der Waals surface area contributed by atoms with Crippen molar-refractivity contribution < 1.29 is 14.8 Å². The molecule has 0 bridgehead atoms. The van der Waals surface area contributed by atoms with Crippen LogP contribution in [0.15, 0.2) is 30.6 Å². The highest BCUT2D eigenvalue weighted by Gasteiger charge is 2.16. The lowest BCUT2D eigenvalue weighted by atomic mass is 10.2. The number of aryl methyl sites for hydroxylation is 1. The number of ether oxygens (including phenoxy) is 1. The van der Waals surface area contributed by atoms with Gasteiger partial charge in [0.2, 0.25) is 0 Å². The molecule has 1 aromatic carbocycles. The zero-order chi connectivity index (χ0) is 14.5. The Morgan fingerprint density at radius 3 is 2.95 bits per heavy atom. The summed E-state index contributed by atoms with van der Waals surface area (Å²) in [5, 5.41) is 20.0. The van der Waals surface area contributed by atoms with Crippen molar-refractivity contribution in [2.24, 2.45) is 0 Å². The Morgan fingerprint density at radius 2 is 2.30 bits per heavy atom. The van der Waals surface area contributed by atoms with Crippen LogP contribution in [0.4, 0.5) is 5.69 Å². The number of aliphatic hydroxyl groups is 1. The van der Waals surface area contributed by atoms with E-state index in [1.807, 2.05) is 17.7 Å². The minimum Gasteiger partial charge on any atom is -0.479 e. The van der Waals surface area contributed by atoms with E-state index in [1.165, 1.54) is 18.2 Å². The van der Waals surface area contributed by atoms with Crippen LogP contribution in [0.25, 0.3) is 0 Å². The van der Waals surface area contributed by atoms with Crippen LogP contribution in [0, 0.1) is 10.1 Å². The van der Waals surface area contributed by atoms with Gasteiger partial charge in [0.05, 0.1) is 11.5 Å². The van der Waals surface area contributed by atoms with Gasteiger partial charge in [-0.2, -0.15) is 0 Å². The van der Waals surface area contributed by atoms with E-state index in [2.05, 4.69) is 4.98 Å². The molecule has 1 heterocycles. The van der Waals surface area contributed by atoms with E-state index in [9.17, 15) is 10.1 Å². The zero-order valence-electron chi connectivity index (χ0n) is 11.0. The average Bonchev–Trinajstić information content (AvgIpc) is 2.91. The maximum atomic E-state index is 10.9. The fourth-order valence-electron chi connectivity index (χ4n) is 1.83. The summed E-state index contributed by atoms with van der Waals surface area (Å²) in [6.07, 6.45) is 3.47. The SMILES string of the molecule is CCn1ccnc1COc1cc(CO)ccc1[N+](=O)[O-]. The van der Waals surface area contributed by atoms with Gasteiger partial charge in [-0.05, 0) is 24.6 Å². The molecule has 1 aromatic heterocycles. The summed E-state index contributed by atoms with van der Waals surface area (Å²) >= 11 is 0. The number of nitro groups is 1. The third-order valence-electron chi connectivity index (χ3n) is 2.90. The molecular formula is C13H15N3O4. The van der Waals surface area contributed by atoms with Crippen LogP contribution in [-0.2, 0) is 19.8 Å². The van der Waals surface area contributed by atoms with Crippen LogP contribution in [0.2, 0.25) is 0 Å². The van der Waals surface area contributed by atoms with Crippen LogP contribution >= 0.6 is 0 Å². The van der Waals surface area contributed by atoms with Crippen molar-refractivity contribution in [1.29, 1.82) is 0 Å². The van der Waals surface area contributed by atoms with Crippen molar-refractivity contribution in [3.63, 3.8) is 0 Å². The fraction of sp³-hybridized carbons (Fsp3) is 0.308. The monoisotopic (exact) mass is 277 g/mol. The van der Waals surface area contributed by atoms with Crippen molar-refractivity contribution in [2.75, 3.05) is 0 Å². The lowest BCUT2D eigenvalue weighted by molar-refractivity contribution is -0.386. The lowest BCUT2D eigenvalue weighted by Crippen LogP contribution is -2.06. The predicted octanol–water partition coefficient (Wildman–Crippen LogP) is 1.88. The van der Waals surface area contributed by atoms with E-state index in [0.717, 1.165) is 6.54 Å². The van der Waals surface area contributed by atoms with E-state index in [0.29, 0.717) is 11.4 Å². The number of hydrogen-bond acceptors (Lipinski definition) is 5. The van der Waals surface area contributed by atoms with Gasteiger partial charge in [0.15, 0.2) is 5.75 Å². The second-order valence-corrected chi connectivity index (χ2v) is 4.14. The highest BCUT2D eigenvalue weighted by atomic mass is 16.6. The van der Waals surface area contributed by atoms with Gasteiger partial charge < -0.3 is 14.4 Å². The molecule has 0 saturated heterocycles. The van der Waals surface area contributed by atoms with Gasteiger partial charge in [-0.15, -0.1) is 0 Å². The summed E-state index contributed by atoms with van der Waals surface area (Å²) in [6, 6.07) is 4.29. The minimum atomic E-state index is -0.511. The van der Waals surface area contributed by atoms with Gasteiger partial charge in [-0.3, -0.25) is 10.1 Å². The maximum absolute atomic E-state index is 10.9. The Labute approximate surface area is 115 Å². The number of nitro benzene ring substituents is 1. The molecule has 7 heteroatoms. The topological polar surface area (TPSA) is 90.4 Å². The largest absolute Gasteiger partial charge is 0.479 e. The van der Waals surface area contributed by atoms with E-state index in [4.69, 9.17) is 9.84 Å². The average molecular weight is 277 g/mol. The molecule has 0 aliphatic rings. The summed E-state index contributed by atoms with van der Waals surface area (Å²) in [5.41, 5.74) is 0.432. The van der Waals surface area contributed by atoms with Crippen molar-refractivity contribution in [2.45, 2.75) is 26.7 Å². The first-order valence-corrected chi connectivity index (χ1v) is 6.16. The van der Waals surface area contributed by atoms with Gasteiger partial charge in [0.1, 0.15) is 12.4 Å². The molecule has 0 radical (unpaired) electrons. The van der Waals surface area contributed by atoms with Crippen LogP contribution < -0.4 is 4.74 Å². The molecule has 2 aromatic rings. The lowest BCUT2D eigenvalue weighted by Gasteiger charge is -2.09. The van der Waals surface area contributed by atoms with Crippen molar-refractivity contribution in [3.8, 4) is 5.75 Å². The summed E-state index contributed by atoms with van der Waals surface area (Å²) in [4.78, 5) is 14.6. The van der Waals surface area contributed by atoms with E-state index >= 15 is 0 Å². The van der Waals surface area contributed by atoms with Gasteiger partial charge in [-0.25, -0.2) is 4.98 Å². The molecule has 20 heavy (non-hydrogen) atoms. The number of aliphatic hydroxyl groups excluding tert-OH is 1. The molecule has 1 N–H and O–H groups in total. The quantitative estimate of drug-likeness (QED) is 0.643. The predicted molar refractivity (Wildman–Crippen MR) is 71.3 cm³/mol. The second kappa shape index (κ2) is 6.16. The Bertz CT molecular complexity index is 609. The Kier molecular flexibility index (Phi) is 4.31. The van der Waals surface area contributed by atoms with Gasteiger partial charge in [-0.1, -0.05) is 0 Å². The molecule has 0 fully saturated rings. The first-order chi connectivity index (χ1) is 9.65. The molecule has 7 nitrogen and oxygen atoms in total. The number of benzene rings is 1. The standard InChI is InChI=1S/C13H15N3O4/c1-2-15-6-5-14-13(15)9-20-12-7-10(8-17)3-4-11(12)16(18)19/h3-7,17H,2,8-9H2,1H3. The van der Waals surface area contributed by atoms with E-state index in [1.54, 1.807) is 6.20 Å². The van der Waals surface area contributed by atoms with Crippen molar-refractivity contribution in [3.05, 3.63) is 52.1 Å². The second-order valence-electron chi connectivity index (χ2n) is 4.14. The summed E-state index contributed by atoms with van der Waals surface area (Å²) in [7, 11) is 0. The maximum Gasteiger partial charge on any atom is 0.310 e. The van der Waals surface area contributed by atoms with Crippen molar-refractivity contribution >= 4 is 5.69 Å².